The molecule has 4 aliphatic carbocycles. The molecule has 0 heterocycles. The summed E-state index contributed by atoms with van der Waals surface area (Å²) in [7, 11) is 0. The number of hydrogen-bond donors (Lipinski definition) is 0. The molecule has 4 aromatic carbocycles. The summed E-state index contributed by atoms with van der Waals surface area (Å²) in [6.07, 6.45) is 40.0. The van der Waals surface area contributed by atoms with Crippen LogP contribution in [0.4, 0.5) is 0 Å². The van der Waals surface area contributed by atoms with Crippen LogP contribution in [0.5, 0.6) is 0 Å². The van der Waals surface area contributed by atoms with Crippen LogP contribution in [0, 0.1) is 24.3 Å². The van der Waals surface area contributed by atoms with Crippen molar-refractivity contribution in [1.29, 1.82) is 0 Å². The van der Waals surface area contributed by atoms with E-state index in [1.807, 2.05) is 48.6 Å². The summed E-state index contributed by atoms with van der Waals surface area (Å²) in [4.78, 5) is 0. The minimum atomic E-state index is -0.204. The van der Waals surface area contributed by atoms with Gasteiger partial charge in [-0.3, -0.25) is 24.3 Å². The first-order valence-electron chi connectivity index (χ1n) is 17.8. The molecule has 4 aliphatic rings. The standard InChI is InChI=1S/2C14H14Si.4C5H5.2ClH.2Zr/c2*1-3-7-13(8-4-1)11-15-12-14-9-5-2-6-10-14;4*1-2-4-5-3-1;;;;/h2*1-10H,11-12H2;4*1-3H,4H2;2*1H;;/q;;4*-1;;;2*+2/p-2. The molecule has 54 heavy (non-hydrogen) atoms. The third-order valence-electron chi connectivity index (χ3n) is 7.38. The van der Waals surface area contributed by atoms with Gasteiger partial charge >= 0.3 is 225 Å². The van der Waals surface area contributed by atoms with Crippen LogP contribution in [0.15, 0.2) is 194 Å². The Balaban J connectivity index is 0.000000352. The van der Waals surface area contributed by atoms with E-state index in [1.165, 1.54) is 46.4 Å². The van der Waals surface area contributed by atoms with Crippen LogP contribution in [0.25, 0.3) is 0 Å². The summed E-state index contributed by atoms with van der Waals surface area (Å²) in [6.45, 7) is 0. The van der Waals surface area contributed by atoms with Gasteiger partial charge in [-0.25, -0.2) is 48.6 Å². The summed E-state index contributed by atoms with van der Waals surface area (Å²) in [5.74, 6) is 0. The molecule has 0 bridgehead atoms. The third kappa shape index (κ3) is 27.2. The van der Waals surface area contributed by atoms with E-state index < -0.39 is 0 Å². The Morgan fingerprint density at radius 1 is 0.352 bits per heavy atom. The molecular formula is C48H48Cl2Si2Zr2-2. The van der Waals surface area contributed by atoms with Gasteiger partial charge in [0, 0.05) is 0 Å². The van der Waals surface area contributed by atoms with Crippen molar-refractivity contribution < 1.29 is 71.5 Å². The van der Waals surface area contributed by atoms with Crippen molar-refractivity contribution in [3.63, 3.8) is 0 Å². The van der Waals surface area contributed by atoms with Gasteiger partial charge in [0.1, 0.15) is 0 Å². The van der Waals surface area contributed by atoms with Crippen molar-refractivity contribution in [2.45, 2.75) is 49.9 Å². The van der Waals surface area contributed by atoms with E-state index in [1.54, 1.807) is 46.7 Å². The molecule has 0 atom stereocenters. The van der Waals surface area contributed by atoms with Crippen molar-refractivity contribution in [1.82, 2.24) is 0 Å². The molecule has 4 aromatic rings. The van der Waals surface area contributed by atoms with Crippen LogP contribution in [0.2, 0.25) is 0 Å². The van der Waals surface area contributed by atoms with Crippen LogP contribution in [-0.4, -0.2) is 10.9 Å². The van der Waals surface area contributed by atoms with Crippen LogP contribution in [0.3, 0.4) is 0 Å². The fourth-order valence-electron chi connectivity index (χ4n) is 4.85. The third-order valence-corrected chi connectivity index (χ3v) is 15.9. The molecule has 0 fully saturated rings. The van der Waals surface area contributed by atoms with Crippen LogP contribution >= 0.6 is 0 Å². The van der Waals surface area contributed by atoms with Crippen LogP contribution in [0.1, 0.15) is 47.9 Å². The van der Waals surface area contributed by atoms with Crippen molar-refractivity contribution in [3.8, 4) is 0 Å². The number of halogens is 2. The first-order chi connectivity index (χ1) is 25.7. The molecule has 0 aromatic heterocycles. The number of hydrogen-bond acceptors (Lipinski definition) is 0. The Labute approximate surface area is 369 Å². The van der Waals surface area contributed by atoms with Gasteiger partial charge in [-0.15, -0.1) is 25.7 Å². The maximum atomic E-state index is 2.99. The SMILES string of the molecule is [C-]1=CC=CC1.[C-]1=CC=CC1.[C-]1=CC=CC1.[C-]1=CC=CC1.[Cl-].[Cl-].[Zr+2]=[Si](Cc1ccccc1)Cc1ccccc1.[Zr+2]=[Si](Cc1ccccc1)Cc1ccccc1. The molecule has 0 amide bonds. The molecule has 8 rings (SSSR count). The van der Waals surface area contributed by atoms with Gasteiger partial charge in [0.05, 0.1) is 0 Å². The Morgan fingerprint density at radius 2 is 0.556 bits per heavy atom. The van der Waals surface area contributed by atoms with E-state index in [-0.39, 0.29) is 35.7 Å². The summed E-state index contributed by atoms with van der Waals surface area (Å²) in [5.41, 5.74) is 5.61. The van der Waals surface area contributed by atoms with Gasteiger partial charge in [-0.2, -0.15) is 24.3 Å². The van der Waals surface area contributed by atoms with Gasteiger partial charge in [0.25, 0.3) is 0 Å². The summed E-state index contributed by atoms with van der Waals surface area (Å²) in [5, 5.41) is 0. The zero-order valence-electron chi connectivity index (χ0n) is 30.9. The Bertz CT molecular complexity index is 1490. The van der Waals surface area contributed by atoms with Crippen molar-refractivity contribution in [2.24, 2.45) is 0 Å². The summed E-state index contributed by atoms with van der Waals surface area (Å²) in [6, 6.07) is 48.7. The van der Waals surface area contributed by atoms with E-state index in [0.717, 1.165) is 25.7 Å². The molecule has 0 unspecified atom stereocenters. The first kappa shape index (κ1) is 49.6. The molecule has 272 valence electrons. The first-order valence-corrected chi connectivity index (χ1v) is 29.0. The molecular weight excluding hydrogens is 886 g/mol. The van der Waals surface area contributed by atoms with Gasteiger partial charge in [-0.1, -0.05) is 0 Å². The predicted octanol–water partition coefficient (Wildman–Crippen LogP) is 5.41. The molecule has 0 N–H and O–H groups in total. The van der Waals surface area contributed by atoms with Crippen LogP contribution < -0.4 is 24.8 Å². The summed E-state index contributed by atoms with van der Waals surface area (Å²) >= 11 is 3.47. The molecule has 0 nitrogen and oxygen atoms in total. The number of rotatable bonds is 8. The fourth-order valence-corrected chi connectivity index (χ4v) is 14.0. The quantitative estimate of drug-likeness (QED) is 0.164. The van der Waals surface area contributed by atoms with Gasteiger partial charge in [0.15, 0.2) is 0 Å². The number of allylic oxidation sites excluding steroid dienone is 16. The molecule has 0 saturated carbocycles. The molecule has 0 saturated heterocycles. The summed E-state index contributed by atoms with van der Waals surface area (Å²) < 4.78 is 0. The van der Waals surface area contributed by atoms with E-state index in [2.05, 4.69) is 170 Å². The minimum absolute atomic E-state index is 0. The molecule has 0 spiro atoms. The zero-order valence-corrected chi connectivity index (χ0v) is 39.3. The molecule has 6 heteroatoms. The average molecular weight is 934 g/mol. The second kappa shape index (κ2) is 35.0. The van der Waals surface area contributed by atoms with E-state index in [0.29, 0.717) is 0 Å². The van der Waals surface area contributed by atoms with Gasteiger partial charge in [0.2, 0.25) is 0 Å². The van der Waals surface area contributed by atoms with Crippen molar-refractivity contribution in [3.05, 3.63) is 241 Å². The Morgan fingerprint density at radius 3 is 0.685 bits per heavy atom. The second-order valence-electron chi connectivity index (χ2n) is 11.9. The van der Waals surface area contributed by atoms with Crippen molar-refractivity contribution in [2.75, 3.05) is 0 Å². The maximum absolute atomic E-state index is 2.99. The Kier molecular flexibility index (Phi) is 32.2. The number of benzene rings is 4. The monoisotopic (exact) mass is 930 g/mol. The van der Waals surface area contributed by atoms with Gasteiger partial charge in [-0.05, 0) is 0 Å². The van der Waals surface area contributed by atoms with Gasteiger partial charge < -0.3 is 24.8 Å². The predicted molar refractivity (Wildman–Crippen MR) is 218 cm³/mol. The van der Waals surface area contributed by atoms with E-state index in [9.17, 15) is 0 Å². The zero-order chi connectivity index (χ0) is 36.6. The second-order valence-corrected chi connectivity index (χ2v) is 26.1. The molecule has 0 radical (unpaired) electrons. The van der Waals surface area contributed by atoms with Crippen LogP contribution in [-0.2, 0) is 70.8 Å². The fraction of sp³-hybridized carbons (Fsp3) is 0.167. The van der Waals surface area contributed by atoms with E-state index >= 15 is 0 Å². The Hall–Kier alpha value is -2.42. The average Bonchev–Trinajstić information content (AvgIpc) is 4.05. The molecule has 0 aliphatic heterocycles. The normalized spacial score (nSPS) is 12.5. The van der Waals surface area contributed by atoms with E-state index in [4.69, 9.17) is 0 Å². The topological polar surface area (TPSA) is 0 Å². The van der Waals surface area contributed by atoms with Crippen molar-refractivity contribution >= 4 is 10.9 Å².